The molecule has 2 aromatic heterocycles. The van der Waals surface area contributed by atoms with E-state index < -0.39 is 6.10 Å². The zero-order valence-corrected chi connectivity index (χ0v) is 15.1. The summed E-state index contributed by atoms with van der Waals surface area (Å²) in [5.74, 6) is 0. The third kappa shape index (κ3) is 3.51. The van der Waals surface area contributed by atoms with Crippen LogP contribution in [0.4, 0.5) is 0 Å². The van der Waals surface area contributed by atoms with Crippen molar-refractivity contribution in [3.8, 4) is 11.4 Å². The number of allylic oxidation sites excluding steroid dienone is 2. The fraction of sp³-hybridized carbons (Fsp3) is 0.381. The van der Waals surface area contributed by atoms with Gasteiger partial charge in [-0.15, -0.1) is 0 Å². The van der Waals surface area contributed by atoms with Crippen LogP contribution in [-0.2, 0) is 11.3 Å². The van der Waals surface area contributed by atoms with Gasteiger partial charge in [0, 0.05) is 37.1 Å². The molecule has 0 amide bonds. The first-order valence-electron chi connectivity index (χ1n) is 9.25. The number of aliphatic hydroxyl groups is 1. The predicted octanol–water partition coefficient (Wildman–Crippen LogP) is 3.32. The Morgan fingerprint density at radius 1 is 1.23 bits per heavy atom. The number of ether oxygens (including phenoxy) is 1. The van der Waals surface area contributed by atoms with E-state index in [9.17, 15) is 5.11 Å². The highest BCUT2D eigenvalue weighted by Crippen LogP contribution is 2.33. The van der Waals surface area contributed by atoms with E-state index in [0.717, 1.165) is 67.6 Å². The molecule has 1 unspecified atom stereocenters. The van der Waals surface area contributed by atoms with Crippen LogP contribution in [0.2, 0.25) is 0 Å². The minimum Gasteiger partial charge on any atom is -0.389 e. The summed E-state index contributed by atoms with van der Waals surface area (Å²) in [6, 6.07) is 8.21. The third-order valence-electron chi connectivity index (χ3n) is 4.90. The Morgan fingerprint density at radius 2 is 2.08 bits per heavy atom. The second kappa shape index (κ2) is 7.58. The molecule has 0 aliphatic carbocycles. The Morgan fingerprint density at radius 3 is 2.88 bits per heavy atom. The molecule has 0 bridgehead atoms. The van der Waals surface area contributed by atoms with E-state index >= 15 is 0 Å². The number of morpholine rings is 1. The minimum atomic E-state index is -0.545. The molecule has 26 heavy (non-hydrogen) atoms. The molecule has 4 rings (SSSR count). The molecule has 2 aliphatic heterocycles. The lowest BCUT2D eigenvalue weighted by molar-refractivity contribution is 0.0336. The van der Waals surface area contributed by atoms with Crippen LogP contribution in [-0.4, -0.2) is 45.9 Å². The van der Waals surface area contributed by atoms with E-state index in [0.29, 0.717) is 0 Å². The van der Waals surface area contributed by atoms with Gasteiger partial charge in [0.25, 0.3) is 0 Å². The minimum absolute atomic E-state index is 0.545. The molecule has 0 aromatic carbocycles. The molecule has 1 atom stereocenters. The summed E-state index contributed by atoms with van der Waals surface area (Å²) in [7, 11) is 0. The molecule has 1 saturated heterocycles. The van der Waals surface area contributed by atoms with Crippen LogP contribution < -0.4 is 0 Å². The Bertz CT molecular complexity index is 830. The number of hydrogen-bond donors (Lipinski definition) is 1. The van der Waals surface area contributed by atoms with Gasteiger partial charge in [0.15, 0.2) is 0 Å². The summed E-state index contributed by atoms with van der Waals surface area (Å²) in [4.78, 5) is 7.29. The number of aromatic nitrogens is 2. The maximum absolute atomic E-state index is 10.3. The summed E-state index contributed by atoms with van der Waals surface area (Å²) < 4.78 is 7.56. The second-order valence-corrected chi connectivity index (χ2v) is 6.84. The van der Waals surface area contributed by atoms with Gasteiger partial charge < -0.3 is 14.4 Å². The first-order chi connectivity index (χ1) is 12.7. The summed E-state index contributed by atoms with van der Waals surface area (Å²) in [6.07, 6.45) is 8.80. The zero-order valence-electron chi connectivity index (χ0n) is 15.1. The van der Waals surface area contributed by atoms with Gasteiger partial charge in [0.1, 0.15) is 0 Å². The van der Waals surface area contributed by atoms with Gasteiger partial charge >= 0.3 is 0 Å². The van der Waals surface area contributed by atoms with E-state index in [4.69, 9.17) is 9.72 Å². The summed E-state index contributed by atoms with van der Waals surface area (Å²) in [6.45, 7) is 6.09. The van der Waals surface area contributed by atoms with E-state index in [-0.39, 0.29) is 0 Å². The quantitative estimate of drug-likeness (QED) is 0.918. The molecule has 1 N–H and O–H groups in total. The smallest absolute Gasteiger partial charge is 0.0877 e. The molecular weight excluding hydrogens is 326 g/mol. The average Bonchev–Trinajstić information content (AvgIpc) is 2.86. The van der Waals surface area contributed by atoms with Crippen LogP contribution >= 0.6 is 0 Å². The van der Waals surface area contributed by atoms with Crippen molar-refractivity contribution in [2.45, 2.75) is 26.0 Å². The lowest BCUT2D eigenvalue weighted by Crippen LogP contribution is -2.35. The lowest BCUT2D eigenvalue weighted by atomic mass is 10.1. The first-order valence-corrected chi connectivity index (χ1v) is 9.25. The fourth-order valence-corrected chi connectivity index (χ4v) is 3.57. The molecule has 0 radical (unpaired) electrons. The van der Waals surface area contributed by atoms with E-state index in [1.54, 1.807) is 0 Å². The largest absolute Gasteiger partial charge is 0.389 e. The maximum atomic E-state index is 10.3. The standard InChI is InChI=1S/C21H25N3O2/c1-16(25)19-14-18-7-3-2-4-9-24(18)21(19)20-8-5-6-17(22-20)15-23-10-12-26-13-11-23/h3-9,14,16,25H,2,10-13,15H2,1H3. The molecule has 1 fully saturated rings. The van der Waals surface area contributed by atoms with Crippen molar-refractivity contribution < 1.29 is 9.84 Å². The average molecular weight is 351 g/mol. The van der Waals surface area contributed by atoms with E-state index in [2.05, 4.69) is 52.1 Å². The van der Waals surface area contributed by atoms with Crippen LogP contribution in [0.5, 0.6) is 0 Å². The number of pyridine rings is 1. The molecule has 5 nitrogen and oxygen atoms in total. The molecule has 2 aliphatic rings. The van der Waals surface area contributed by atoms with Crippen molar-refractivity contribution in [3.63, 3.8) is 0 Å². The number of hydrogen-bond acceptors (Lipinski definition) is 4. The van der Waals surface area contributed by atoms with Gasteiger partial charge in [-0.1, -0.05) is 18.2 Å². The molecular formula is C21H25N3O2. The number of aliphatic hydroxyl groups excluding tert-OH is 1. The highest BCUT2D eigenvalue weighted by Gasteiger charge is 2.20. The molecule has 4 heterocycles. The van der Waals surface area contributed by atoms with Crippen molar-refractivity contribution in [1.29, 1.82) is 0 Å². The van der Waals surface area contributed by atoms with Crippen molar-refractivity contribution in [1.82, 2.24) is 14.5 Å². The molecule has 5 heteroatoms. The molecule has 0 saturated carbocycles. The number of fused-ring (bicyclic) bond motifs is 1. The normalized spacial score (nSPS) is 18.5. The van der Waals surface area contributed by atoms with Gasteiger partial charge in [-0.05, 0) is 37.6 Å². The van der Waals surface area contributed by atoms with Crippen LogP contribution in [0.3, 0.4) is 0 Å². The van der Waals surface area contributed by atoms with E-state index in [1.165, 1.54) is 0 Å². The van der Waals surface area contributed by atoms with Crippen molar-refractivity contribution in [2.24, 2.45) is 0 Å². The van der Waals surface area contributed by atoms with Gasteiger partial charge in [-0.2, -0.15) is 0 Å². The monoisotopic (exact) mass is 351 g/mol. The highest BCUT2D eigenvalue weighted by atomic mass is 16.5. The fourth-order valence-electron chi connectivity index (χ4n) is 3.57. The Balaban J connectivity index is 1.72. The number of rotatable bonds is 4. The van der Waals surface area contributed by atoms with Crippen molar-refractivity contribution in [2.75, 3.05) is 26.3 Å². The van der Waals surface area contributed by atoms with Crippen molar-refractivity contribution in [3.05, 3.63) is 53.4 Å². The van der Waals surface area contributed by atoms with Crippen molar-refractivity contribution >= 4 is 12.3 Å². The van der Waals surface area contributed by atoms with E-state index in [1.807, 2.05) is 13.0 Å². The summed E-state index contributed by atoms with van der Waals surface area (Å²) >= 11 is 0. The van der Waals surface area contributed by atoms with Crippen LogP contribution in [0.15, 0.2) is 36.4 Å². The lowest BCUT2D eigenvalue weighted by Gasteiger charge is -2.26. The molecule has 136 valence electrons. The second-order valence-electron chi connectivity index (χ2n) is 6.84. The Kier molecular flexibility index (Phi) is 5.02. The van der Waals surface area contributed by atoms with Crippen LogP contribution in [0, 0.1) is 0 Å². The summed E-state index contributed by atoms with van der Waals surface area (Å²) in [5, 5.41) is 10.3. The van der Waals surface area contributed by atoms with Crippen LogP contribution in [0.1, 0.15) is 36.4 Å². The number of nitrogens with zero attached hydrogens (tertiary/aromatic N) is 3. The van der Waals surface area contributed by atoms with Gasteiger partial charge in [-0.25, -0.2) is 4.98 Å². The Hall–Kier alpha value is -2.21. The zero-order chi connectivity index (χ0) is 17.9. The summed E-state index contributed by atoms with van der Waals surface area (Å²) in [5.41, 5.74) is 4.90. The topological polar surface area (TPSA) is 50.5 Å². The SMILES string of the molecule is CC(O)c1cc2n(c1-c1cccc(CN3CCOCC3)n1)C=CCC=C2. The van der Waals surface area contributed by atoms with Gasteiger partial charge in [-0.3, -0.25) is 4.90 Å². The molecule has 0 spiro atoms. The highest BCUT2D eigenvalue weighted by molar-refractivity contribution is 5.70. The van der Waals surface area contributed by atoms with Crippen LogP contribution in [0.25, 0.3) is 23.7 Å². The van der Waals surface area contributed by atoms with Gasteiger partial charge in [0.05, 0.1) is 36.4 Å². The third-order valence-corrected chi connectivity index (χ3v) is 4.90. The maximum Gasteiger partial charge on any atom is 0.0877 e. The van der Waals surface area contributed by atoms with Gasteiger partial charge in [0.2, 0.25) is 0 Å². The molecule has 2 aromatic rings. The Labute approximate surface area is 154 Å². The first kappa shape index (κ1) is 17.2. The predicted molar refractivity (Wildman–Crippen MR) is 103 cm³/mol.